The molecule has 0 saturated heterocycles. The highest BCUT2D eigenvalue weighted by atomic mass is 32.2. The Labute approximate surface area is 230 Å². The number of nitrogens with zero attached hydrogens (tertiary/aromatic N) is 2. The van der Waals surface area contributed by atoms with Crippen LogP contribution >= 0.6 is 0 Å². The van der Waals surface area contributed by atoms with E-state index in [1.54, 1.807) is 24.3 Å². The molecule has 7 rings (SSSR count). The second-order valence-corrected chi connectivity index (χ2v) is 11.4. The molecule has 0 fully saturated rings. The minimum absolute atomic E-state index is 0.00847. The van der Waals surface area contributed by atoms with E-state index >= 15 is 0 Å². The van der Waals surface area contributed by atoms with Gasteiger partial charge in [0.15, 0.2) is 11.0 Å². The fraction of sp³-hybridized carbons (Fsp3) is 0.0333. The van der Waals surface area contributed by atoms with Gasteiger partial charge in [-0.15, -0.1) is 0 Å². The van der Waals surface area contributed by atoms with Crippen LogP contribution in [0.25, 0.3) is 54.2 Å². The number of hydrogen-bond acceptors (Lipinski definition) is 7. The van der Waals surface area contributed by atoms with Gasteiger partial charge in [-0.25, -0.2) is 0 Å². The van der Waals surface area contributed by atoms with Gasteiger partial charge in [-0.2, -0.15) is 8.42 Å². The topological polar surface area (TPSA) is 158 Å². The average molecular weight is 565 g/mol. The van der Waals surface area contributed by atoms with Crippen molar-refractivity contribution < 1.29 is 27.6 Å². The minimum atomic E-state index is -5.20. The van der Waals surface area contributed by atoms with Crippen LogP contribution in [0.2, 0.25) is 0 Å². The van der Waals surface area contributed by atoms with Crippen LogP contribution in [-0.4, -0.2) is 28.6 Å². The van der Waals surface area contributed by atoms with Gasteiger partial charge in [0, 0.05) is 17.2 Å². The van der Waals surface area contributed by atoms with Crippen LogP contribution in [-0.2, 0) is 10.1 Å². The summed E-state index contributed by atoms with van der Waals surface area (Å²) in [5.74, 6) is -0.984. The molecule has 6 aromatic carbocycles. The van der Waals surface area contributed by atoms with E-state index in [1.807, 2.05) is 42.5 Å². The van der Waals surface area contributed by atoms with Gasteiger partial charge in [0.25, 0.3) is 10.1 Å². The number of nitro groups is 2. The van der Waals surface area contributed by atoms with Gasteiger partial charge < -0.3 is 0 Å². The molecule has 10 nitrogen and oxygen atoms in total. The van der Waals surface area contributed by atoms with Gasteiger partial charge >= 0.3 is 11.4 Å². The fourth-order valence-electron chi connectivity index (χ4n) is 6.19. The molecule has 0 spiro atoms. The first-order valence-corrected chi connectivity index (χ1v) is 13.8. The van der Waals surface area contributed by atoms with Crippen molar-refractivity contribution in [3.63, 3.8) is 0 Å². The number of carbonyl (C=O) groups is 1. The van der Waals surface area contributed by atoms with Crippen molar-refractivity contribution in [1.82, 2.24) is 0 Å². The summed E-state index contributed by atoms with van der Waals surface area (Å²) >= 11 is 0. The van der Waals surface area contributed by atoms with Crippen LogP contribution in [0.1, 0.15) is 21.2 Å². The predicted octanol–water partition coefficient (Wildman–Crippen LogP) is 6.91. The molecule has 0 bridgehead atoms. The third-order valence-electron chi connectivity index (χ3n) is 7.76. The molecule has 1 aliphatic rings. The lowest BCUT2D eigenvalue weighted by molar-refractivity contribution is -0.421. The standard InChI is InChI=1S/C30H16N2O8S/c33-29-21-8-4-3-7-18(21)25-24-19(10-9-17-13-15-5-1-2-6-16(15)14-22(17)24)20-11-12-23(31(34)35)28(32(36)37)26(20)27(25)30(29)41(38,39)40/h1-14,30H,(H,38,39,40). The maximum absolute atomic E-state index is 13.7. The molecule has 1 N–H and O–H groups in total. The van der Waals surface area contributed by atoms with E-state index in [-0.39, 0.29) is 27.5 Å². The van der Waals surface area contributed by atoms with E-state index in [2.05, 4.69) is 0 Å². The monoisotopic (exact) mass is 564 g/mol. The van der Waals surface area contributed by atoms with E-state index in [1.165, 1.54) is 12.1 Å². The second kappa shape index (κ2) is 8.37. The fourth-order valence-corrected chi connectivity index (χ4v) is 7.12. The van der Waals surface area contributed by atoms with Crippen LogP contribution in [0.3, 0.4) is 0 Å². The normalized spacial score (nSPS) is 14.9. The van der Waals surface area contributed by atoms with Crippen LogP contribution < -0.4 is 0 Å². The maximum atomic E-state index is 13.7. The summed E-state index contributed by atoms with van der Waals surface area (Å²) < 4.78 is 36.3. The molecule has 1 atom stereocenters. The van der Waals surface area contributed by atoms with Gasteiger partial charge in [0.2, 0.25) is 0 Å². The van der Waals surface area contributed by atoms with E-state index < -0.39 is 42.4 Å². The molecule has 41 heavy (non-hydrogen) atoms. The predicted molar refractivity (Wildman–Crippen MR) is 154 cm³/mol. The van der Waals surface area contributed by atoms with Crippen LogP contribution in [0, 0.1) is 20.2 Å². The van der Waals surface area contributed by atoms with Crippen LogP contribution in [0.5, 0.6) is 0 Å². The Morgan fingerprint density at radius 2 is 1.29 bits per heavy atom. The SMILES string of the molecule is O=C1c2ccccc2-c2c(c3c([N+](=O)[O-])c([N+](=O)[O-])ccc3c3ccc4cc5ccccc5cc4c23)C1S(=O)(=O)O. The summed E-state index contributed by atoms with van der Waals surface area (Å²) in [5, 5.41) is 26.1. The summed E-state index contributed by atoms with van der Waals surface area (Å²) in [6.07, 6.45) is 0. The second-order valence-electron chi connectivity index (χ2n) is 9.87. The summed E-state index contributed by atoms with van der Waals surface area (Å²) in [4.78, 5) is 36.1. The van der Waals surface area contributed by atoms with Gasteiger partial charge in [-0.3, -0.25) is 29.6 Å². The first-order valence-electron chi connectivity index (χ1n) is 12.3. The minimum Gasteiger partial charge on any atom is -0.292 e. The van der Waals surface area contributed by atoms with E-state index in [0.29, 0.717) is 21.7 Å². The number of ketones is 1. The lowest BCUT2D eigenvalue weighted by Gasteiger charge is -2.28. The first kappa shape index (κ1) is 24.8. The Hall–Kier alpha value is -5.26. The highest BCUT2D eigenvalue weighted by molar-refractivity contribution is 7.86. The number of fused-ring (bicyclic) bond motifs is 11. The molecule has 0 radical (unpaired) electrons. The zero-order valence-electron chi connectivity index (χ0n) is 20.8. The molecular formula is C30H16N2O8S. The highest BCUT2D eigenvalue weighted by Crippen LogP contribution is 2.54. The zero-order chi connectivity index (χ0) is 28.8. The number of rotatable bonds is 3. The molecule has 0 aromatic heterocycles. The molecule has 0 amide bonds. The number of nitro benzene ring substituents is 2. The summed E-state index contributed by atoms with van der Waals surface area (Å²) in [5.41, 5.74) is -1.67. The Balaban J connectivity index is 1.87. The average Bonchev–Trinajstić information content (AvgIpc) is 2.94. The molecule has 0 aliphatic heterocycles. The number of carbonyl (C=O) groups excluding carboxylic acids is 1. The van der Waals surface area contributed by atoms with Gasteiger partial charge in [0.05, 0.1) is 15.2 Å². The third-order valence-corrected chi connectivity index (χ3v) is 8.81. The molecule has 6 aromatic rings. The summed E-state index contributed by atoms with van der Waals surface area (Å²) in [6, 6.07) is 23.6. The molecule has 0 saturated carbocycles. The molecule has 0 heterocycles. The molecule has 11 heteroatoms. The number of Topliss-reactive ketones (excluding diaryl/α,β-unsaturated/α-hetero) is 1. The summed E-state index contributed by atoms with van der Waals surface area (Å²) in [7, 11) is -5.20. The van der Waals surface area contributed by atoms with Crippen molar-refractivity contribution in [1.29, 1.82) is 0 Å². The van der Waals surface area contributed by atoms with Gasteiger partial charge in [0.1, 0.15) is 0 Å². The zero-order valence-corrected chi connectivity index (χ0v) is 21.6. The van der Waals surface area contributed by atoms with Gasteiger partial charge in [-0.05, 0) is 67.0 Å². The van der Waals surface area contributed by atoms with Crippen molar-refractivity contribution in [2.75, 3.05) is 0 Å². The maximum Gasteiger partial charge on any atom is 0.354 e. The Morgan fingerprint density at radius 1 is 0.683 bits per heavy atom. The Morgan fingerprint density at radius 3 is 1.95 bits per heavy atom. The lowest BCUT2D eigenvalue weighted by Crippen LogP contribution is -2.27. The van der Waals surface area contributed by atoms with Crippen molar-refractivity contribution in [3.05, 3.63) is 116 Å². The highest BCUT2D eigenvalue weighted by Gasteiger charge is 2.45. The smallest absolute Gasteiger partial charge is 0.292 e. The summed E-state index contributed by atoms with van der Waals surface area (Å²) in [6.45, 7) is 0. The number of benzene rings is 6. The van der Waals surface area contributed by atoms with Crippen molar-refractivity contribution in [3.8, 4) is 11.1 Å². The molecular weight excluding hydrogens is 548 g/mol. The van der Waals surface area contributed by atoms with E-state index in [9.17, 15) is 38.0 Å². The van der Waals surface area contributed by atoms with Crippen molar-refractivity contribution in [2.24, 2.45) is 0 Å². The van der Waals surface area contributed by atoms with Crippen molar-refractivity contribution >= 4 is 70.4 Å². The van der Waals surface area contributed by atoms with Crippen LogP contribution in [0.4, 0.5) is 11.4 Å². The quantitative estimate of drug-likeness (QED) is 0.0798. The van der Waals surface area contributed by atoms with Gasteiger partial charge in [-0.1, -0.05) is 60.7 Å². The Bertz CT molecular complexity index is 2330. The molecule has 1 aliphatic carbocycles. The molecule has 1 unspecified atom stereocenters. The molecule has 200 valence electrons. The first-order chi connectivity index (χ1) is 19.6. The van der Waals surface area contributed by atoms with E-state index in [0.717, 1.165) is 22.2 Å². The Kier molecular flexibility index (Phi) is 5.05. The third kappa shape index (κ3) is 3.39. The van der Waals surface area contributed by atoms with Crippen LogP contribution in [0.15, 0.2) is 84.9 Å². The largest absolute Gasteiger partial charge is 0.354 e. The van der Waals surface area contributed by atoms with E-state index in [4.69, 9.17) is 0 Å². The van der Waals surface area contributed by atoms with Crippen molar-refractivity contribution in [2.45, 2.75) is 5.25 Å². The lowest BCUT2D eigenvalue weighted by atomic mass is 9.77. The number of hydrogen-bond donors (Lipinski definition) is 1.